The number of hydrogen-bond acceptors (Lipinski definition) is 7. The molecule has 1 saturated heterocycles. The molecule has 1 aliphatic rings. The predicted molar refractivity (Wildman–Crippen MR) is 150 cm³/mol. The monoisotopic (exact) mass is 643 g/mol. The van der Waals surface area contributed by atoms with Gasteiger partial charge in [0, 0.05) is 33.0 Å². The van der Waals surface area contributed by atoms with E-state index >= 15 is 0 Å². The van der Waals surface area contributed by atoms with Gasteiger partial charge in [0.1, 0.15) is 24.7 Å². The zero-order valence-corrected chi connectivity index (χ0v) is 25.8. The molecule has 0 N–H and O–H groups in total. The van der Waals surface area contributed by atoms with Gasteiger partial charge in [0.05, 0.1) is 18.9 Å². The zero-order valence-electron chi connectivity index (χ0n) is 22.5. The zero-order chi connectivity index (χ0) is 27.2. The quantitative estimate of drug-likeness (QED) is 0.164. The Bertz CT molecular complexity index is 954. The Labute approximate surface area is 235 Å². The molecule has 0 saturated carbocycles. The number of aryl methyl sites for hydroxylation is 3. The maximum Gasteiger partial charge on any atom is 0.144 e. The van der Waals surface area contributed by atoms with Crippen LogP contribution in [0.4, 0.5) is 11.4 Å². The summed E-state index contributed by atoms with van der Waals surface area (Å²) in [4.78, 5) is 6.05. The van der Waals surface area contributed by atoms with Crippen molar-refractivity contribution in [3.05, 3.63) is 53.7 Å². The summed E-state index contributed by atoms with van der Waals surface area (Å²) >= 11 is -1.63. The molecule has 0 spiro atoms. The van der Waals surface area contributed by atoms with Gasteiger partial charge in [-0.15, -0.1) is 0 Å². The van der Waals surface area contributed by atoms with E-state index in [0.717, 1.165) is 30.3 Å². The second-order valence-corrected chi connectivity index (χ2v) is 13.9. The minimum atomic E-state index is -1.63. The second-order valence-electron chi connectivity index (χ2n) is 8.28. The van der Waals surface area contributed by atoms with Crippen molar-refractivity contribution in [1.82, 2.24) is 0 Å². The van der Waals surface area contributed by atoms with Gasteiger partial charge >= 0.3 is 56.0 Å². The van der Waals surface area contributed by atoms with Crippen LogP contribution in [0.5, 0.6) is 11.5 Å². The van der Waals surface area contributed by atoms with Crippen molar-refractivity contribution in [3.8, 4) is 11.5 Å². The number of nitrogens with zero attached hydrogens (tertiary/aromatic N) is 2. The fourth-order valence-electron chi connectivity index (χ4n) is 4.06. The summed E-state index contributed by atoms with van der Waals surface area (Å²) in [5, 5.41) is 0. The Balaban J connectivity index is 0.000000604. The number of benzene rings is 2. The standard InChI is InChI=1S/C24H33N2O4.C3H6O.2ClH.Ru/c1-18-15-19(2)23(20(3)16-18)25-9-10-26(17-25)24-21(29-13-11-27-4)7-6-8-22(24)30-14-12-28-5;1-3-4-2;;;/h6-8,15-17H,9-14H2,1-5H3;2H,3H2,1H3;2*1H;/q-1;;;;+2/p-2. The summed E-state index contributed by atoms with van der Waals surface area (Å²) in [6.45, 7) is 15.0. The molecule has 37 heavy (non-hydrogen) atoms. The molecule has 1 fully saturated rings. The topological polar surface area (TPSA) is 52.6 Å². The Morgan fingerprint density at radius 2 is 1.38 bits per heavy atom. The van der Waals surface area contributed by atoms with Gasteiger partial charge in [-0.25, -0.2) is 0 Å². The van der Waals surface area contributed by atoms with E-state index in [0.29, 0.717) is 33.0 Å². The number of anilines is 2. The van der Waals surface area contributed by atoms with Crippen molar-refractivity contribution in [2.75, 3.05) is 70.1 Å². The number of para-hydroxylation sites is 1. The number of ether oxygens (including phenoxy) is 5. The molecular formula is C27H39Cl2N2O5Ru-. The smallest absolute Gasteiger partial charge is 0.144 e. The van der Waals surface area contributed by atoms with Crippen LogP contribution in [0.2, 0.25) is 0 Å². The van der Waals surface area contributed by atoms with E-state index in [1.807, 2.05) is 25.1 Å². The first-order chi connectivity index (χ1) is 17.8. The molecule has 0 radical (unpaired) electrons. The molecule has 0 aromatic heterocycles. The molecular weight excluding hydrogens is 604 g/mol. The van der Waals surface area contributed by atoms with E-state index in [4.69, 9.17) is 43.1 Å². The molecule has 10 heteroatoms. The molecule has 2 aromatic carbocycles. The third-order valence-corrected chi connectivity index (χ3v) is 6.76. The Morgan fingerprint density at radius 1 is 0.865 bits per heavy atom. The Kier molecular flexibility index (Phi) is 14.8. The normalized spacial score (nSPS) is 13.2. The van der Waals surface area contributed by atoms with Crippen molar-refractivity contribution in [1.29, 1.82) is 0 Å². The van der Waals surface area contributed by atoms with Crippen LogP contribution >= 0.6 is 19.4 Å². The van der Waals surface area contributed by atoms with E-state index in [1.54, 1.807) is 14.2 Å². The maximum atomic E-state index is 6.02. The summed E-state index contributed by atoms with van der Waals surface area (Å²) in [7, 11) is 14.1. The molecule has 7 nitrogen and oxygen atoms in total. The molecule has 0 aliphatic carbocycles. The largest absolute Gasteiger partial charge is 0.502 e. The van der Waals surface area contributed by atoms with E-state index < -0.39 is 13.5 Å². The van der Waals surface area contributed by atoms with Gasteiger partial charge in [0.25, 0.3) is 0 Å². The van der Waals surface area contributed by atoms with Crippen LogP contribution in [0, 0.1) is 27.4 Å². The van der Waals surface area contributed by atoms with Gasteiger partial charge in [-0.3, -0.25) is 0 Å². The molecule has 0 unspecified atom stereocenters. The van der Waals surface area contributed by atoms with Crippen molar-refractivity contribution < 1.29 is 37.2 Å². The van der Waals surface area contributed by atoms with E-state index in [-0.39, 0.29) is 0 Å². The summed E-state index contributed by atoms with van der Waals surface area (Å²) < 4.78 is 27.1. The molecule has 0 amide bonds. The summed E-state index contributed by atoms with van der Waals surface area (Å²) in [6.07, 6.45) is 0. The van der Waals surface area contributed by atoms with Crippen molar-refractivity contribution in [2.24, 2.45) is 0 Å². The van der Waals surface area contributed by atoms with Crippen LogP contribution in [0.3, 0.4) is 0 Å². The molecule has 1 aliphatic heterocycles. The molecule has 2 aromatic rings. The molecule has 0 atom stereocenters. The number of methoxy groups -OCH3 is 2. The third kappa shape index (κ3) is 10.3. The maximum absolute atomic E-state index is 6.02. The van der Waals surface area contributed by atoms with Crippen molar-refractivity contribution >= 4 is 35.6 Å². The van der Waals surface area contributed by atoms with Crippen LogP contribution in [0.25, 0.3) is 0 Å². The second kappa shape index (κ2) is 17.2. The van der Waals surface area contributed by atoms with Gasteiger partial charge < -0.3 is 28.7 Å². The Morgan fingerprint density at radius 3 is 1.81 bits per heavy atom. The average Bonchev–Trinajstić information content (AvgIpc) is 3.32. The van der Waals surface area contributed by atoms with Crippen LogP contribution < -0.4 is 19.3 Å². The molecule has 210 valence electrons. The van der Waals surface area contributed by atoms with Gasteiger partial charge in [-0.05, 0) is 44.0 Å². The van der Waals surface area contributed by atoms with Gasteiger partial charge in [0.2, 0.25) is 0 Å². The first-order valence-electron chi connectivity index (χ1n) is 12.1. The molecule has 0 bridgehead atoms. The van der Waals surface area contributed by atoms with E-state index in [9.17, 15) is 0 Å². The molecule has 3 rings (SSSR count). The predicted octanol–water partition coefficient (Wildman–Crippen LogP) is 5.82. The average molecular weight is 644 g/mol. The fraction of sp³-hybridized carbons (Fsp3) is 0.481. The summed E-state index contributed by atoms with van der Waals surface area (Å²) in [6, 6.07) is 10.4. The van der Waals surface area contributed by atoms with Gasteiger partial charge in [-0.2, -0.15) is 6.67 Å². The van der Waals surface area contributed by atoms with Crippen LogP contribution in [-0.4, -0.2) is 65.1 Å². The first-order valence-corrected chi connectivity index (χ1v) is 17.6. The minimum Gasteiger partial charge on any atom is -0.502 e. The van der Waals surface area contributed by atoms with Gasteiger partial charge in [0.15, 0.2) is 0 Å². The number of hydrogen-bond donors (Lipinski definition) is 0. The van der Waals surface area contributed by atoms with Crippen molar-refractivity contribution in [2.45, 2.75) is 27.7 Å². The summed E-state index contributed by atoms with van der Waals surface area (Å²) in [5.74, 6) is 1.58. The van der Waals surface area contributed by atoms with Crippen LogP contribution in [-0.2, 0) is 27.7 Å². The van der Waals surface area contributed by atoms with Crippen molar-refractivity contribution in [3.63, 3.8) is 0 Å². The Hall–Kier alpha value is -1.41. The number of halogens is 2. The van der Waals surface area contributed by atoms with Gasteiger partial charge in [-0.1, -0.05) is 23.8 Å². The SMILES string of the molecule is CCO[CH]=[Ru]([Cl])[Cl].COCCOc1cccc(OCCOC)c1N1[CH-]N(c2c(C)cc(C)cc2C)CC1. The fourth-order valence-corrected chi connectivity index (χ4v) is 5.09. The minimum absolute atomic E-state index is 0.485. The van der Waals surface area contributed by atoms with Crippen LogP contribution in [0.15, 0.2) is 30.3 Å². The molecule has 1 heterocycles. The summed E-state index contributed by atoms with van der Waals surface area (Å²) in [5.41, 5.74) is 6.06. The van der Waals surface area contributed by atoms with E-state index in [2.05, 4.69) is 49.4 Å². The third-order valence-electron chi connectivity index (χ3n) is 5.41. The van der Waals surface area contributed by atoms with Crippen LogP contribution in [0.1, 0.15) is 23.6 Å². The van der Waals surface area contributed by atoms with E-state index in [1.165, 1.54) is 27.2 Å². The number of rotatable bonds is 12. The first kappa shape index (κ1) is 31.8.